The van der Waals surface area contributed by atoms with Crippen LogP contribution in [0.1, 0.15) is 40.5 Å². The molecule has 7 nitrogen and oxygen atoms in total. The molecular weight excluding hydrogens is 386 g/mol. The van der Waals surface area contributed by atoms with E-state index in [0.29, 0.717) is 28.6 Å². The van der Waals surface area contributed by atoms with Crippen LogP contribution in [0, 0.1) is 11.8 Å². The maximum absolute atomic E-state index is 12.8. The summed E-state index contributed by atoms with van der Waals surface area (Å²) in [6.45, 7) is 10.3. The van der Waals surface area contributed by atoms with Crippen molar-refractivity contribution in [1.29, 1.82) is 0 Å². The Balaban J connectivity index is 2.01. The molecule has 0 saturated heterocycles. The summed E-state index contributed by atoms with van der Waals surface area (Å²) in [6.07, 6.45) is 2.01. The lowest BCUT2D eigenvalue weighted by Gasteiger charge is -2.24. The van der Waals surface area contributed by atoms with Gasteiger partial charge in [0.05, 0.1) is 12.9 Å². The molecule has 29 heavy (non-hydrogen) atoms. The molecule has 160 valence electrons. The highest BCUT2D eigenvalue weighted by molar-refractivity contribution is 7.99. The van der Waals surface area contributed by atoms with Crippen molar-refractivity contribution in [2.75, 3.05) is 31.8 Å². The van der Waals surface area contributed by atoms with Crippen molar-refractivity contribution in [2.24, 2.45) is 11.8 Å². The van der Waals surface area contributed by atoms with E-state index in [1.165, 1.54) is 16.4 Å². The van der Waals surface area contributed by atoms with E-state index in [-0.39, 0.29) is 5.91 Å². The lowest BCUT2D eigenvalue weighted by Crippen LogP contribution is -2.35. The van der Waals surface area contributed by atoms with Crippen LogP contribution in [-0.4, -0.2) is 51.6 Å². The molecule has 1 amide bonds. The Morgan fingerprint density at radius 2 is 1.69 bits per heavy atom. The summed E-state index contributed by atoms with van der Waals surface area (Å²) in [5, 5.41) is 8.87. The van der Waals surface area contributed by atoms with Crippen molar-refractivity contribution in [3.63, 3.8) is 0 Å². The zero-order chi connectivity index (χ0) is 21.4. The predicted molar refractivity (Wildman–Crippen MR) is 118 cm³/mol. The third-order valence-corrected chi connectivity index (χ3v) is 5.57. The fourth-order valence-electron chi connectivity index (χ4n) is 2.72. The number of rotatable bonds is 11. The number of carbonyl (C=O) groups excluding carboxylic acids is 1. The molecule has 0 unspecified atom stereocenters. The average Bonchev–Trinajstić information content (AvgIpc) is 3.06. The summed E-state index contributed by atoms with van der Waals surface area (Å²) in [4.78, 5) is 14.8. The number of nitrogens with two attached hydrogens (primary N) is 1. The minimum absolute atomic E-state index is 0.116. The van der Waals surface area contributed by atoms with Crippen molar-refractivity contribution in [1.82, 2.24) is 19.8 Å². The van der Waals surface area contributed by atoms with E-state index >= 15 is 0 Å². The van der Waals surface area contributed by atoms with Gasteiger partial charge in [-0.15, -0.1) is 10.2 Å². The number of hydrogen-bond acceptors (Lipinski definition) is 6. The summed E-state index contributed by atoms with van der Waals surface area (Å²) < 4.78 is 6.61. The van der Waals surface area contributed by atoms with Gasteiger partial charge in [0.15, 0.2) is 5.82 Å². The largest absolute Gasteiger partial charge is 0.497 e. The zero-order valence-corrected chi connectivity index (χ0v) is 18.9. The minimum Gasteiger partial charge on any atom is -0.497 e. The van der Waals surface area contributed by atoms with Crippen molar-refractivity contribution in [3.8, 4) is 17.1 Å². The van der Waals surface area contributed by atoms with Crippen LogP contribution in [0.4, 0.5) is 0 Å². The van der Waals surface area contributed by atoms with Crippen LogP contribution >= 0.6 is 11.8 Å². The molecule has 1 aromatic heterocycles. The van der Waals surface area contributed by atoms with Crippen LogP contribution in [0.3, 0.4) is 0 Å². The smallest absolute Gasteiger partial charge is 0.233 e. The number of benzene rings is 1. The molecule has 0 aliphatic heterocycles. The van der Waals surface area contributed by atoms with Gasteiger partial charge in [-0.1, -0.05) is 39.5 Å². The number of hydrogen-bond donors (Lipinski definition) is 1. The van der Waals surface area contributed by atoms with E-state index in [1.54, 1.807) is 7.11 Å². The quantitative estimate of drug-likeness (QED) is 0.442. The number of thioether (sulfide) groups is 1. The predicted octanol–water partition coefficient (Wildman–Crippen LogP) is 3.68. The second-order valence-corrected chi connectivity index (χ2v) is 8.88. The van der Waals surface area contributed by atoms with Crippen molar-refractivity contribution < 1.29 is 9.53 Å². The van der Waals surface area contributed by atoms with Crippen LogP contribution < -0.4 is 10.6 Å². The van der Waals surface area contributed by atoms with Gasteiger partial charge in [-0.3, -0.25) is 4.79 Å². The van der Waals surface area contributed by atoms with Crippen molar-refractivity contribution >= 4 is 17.7 Å². The maximum Gasteiger partial charge on any atom is 0.233 e. The Kier molecular flexibility index (Phi) is 8.82. The Hall–Kier alpha value is -2.22. The molecule has 8 heteroatoms. The van der Waals surface area contributed by atoms with Gasteiger partial charge in [0.2, 0.25) is 11.1 Å². The topological polar surface area (TPSA) is 86.3 Å². The molecule has 0 saturated carbocycles. The lowest BCUT2D eigenvalue weighted by molar-refractivity contribution is -0.128. The second kappa shape index (κ2) is 11.1. The molecule has 0 spiro atoms. The number of aromatic nitrogens is 3. The molecule has 2 N–H and O–H groups in total. The Labute approximate surface area is 178 Å². The third-order valence-electron chi connectivity index (χ3n) is 4.64. The van der Waals surface area contributed by atoms with Gasteiger partial charge in [0.25, 0.3) is 0 Å². The van der Waals surface area contributed by atoms with E-state index < -0.39 is 0 Å². The average molecular weight is 420 g/mol. The molecule has 2 rings (SSSR count). The van der Waals surface area contributed by atoms with Gasteiger partial charge >= 0.3 is 0 Å². The number of ether oxygens (including phenoxy) is 1. The second-order valence-electron chi connectivity index (χ2n) is 7.94. The fraction of sp³-hybridized carbons (Fsp3) is 0.571. The third kappa shape index (κ3) is 6.96. The Morgan fingerprint density at radius 3 is 2.21 bits per heavy atom. The fourth-order valence-corrected chi connectivity index (χ4v) is 3.48. The van der Waals surface area contributed by atoms with Gasteiger partial charge in [0.1, 0.15) is 5.75 Å². The summed E-state index contributed by atoms with van der Waals surface area (Å²) in [5.41, 5.74) is 0.842. The molecule has 0 aliphatic rings. The standard InChI is InChI=1S/C21H33N5O2S/c1-15(2)10-12-25(13-11-16(3)4)19(27)14-29-21-24-23-20(26(21)22)17-6-8-18(28-5)9-7-17/h6-9,15-16H,10-14,22H2,1-5H3. The van der Waals surface area contributed by atoms with Crippen LogP contribution in [0.2, 0.25) is 0 Å². The lowest BCUT2D eigenvalue weighted by atomic mass is 10.1. The SMILES string of the molecule is COc1ccc(-c2nnc(SCC(=O)N(CCC(C)C)CCC(C)C)n2N)cc1. The first-order valence-corrected chi connectivity index (χ1v) is 11.1. The molecular formula is C21H33N5O2S. The molecule has 0 bridgehead atoms. The summed E-state index contributed by atoms with van der Waals surface area (Å²) in [7, 11) is 1.62. The number of nitrogen functional groups attached to an aromatic ring is 1. The van der Waals surface area contributed by atoms with Crippen molar-refractivity contribution in [2.45, 2.75) is 45.7 Å². The highest BCUT2D eigenvalue weighted by Gasteiger charge is 2.18. The van der Waals surface area contributed by atoms with Gasteiger partial charge < -0.3 is 15.5 Å². The maximum atomic E-state index is 12.8. The molecule has 1 heterocycles. The van der Waals surface area contributed by atoms with Crippen LogP contribution in [-0.2, 0) is 4.79 Å². The summed E-state index contributed by atoms with van der Waals surface area (Å²) >= 11 is 1.32. The molecule has 0 radical (unpaired) electrons. The highest BCUT2D eigenvalue weighted by atomic mass is 32.2. The van der Waals surface area contributed by atoms with E-state index in [0.717, 1.165) is 37.2 Å². The summed E-state index contributed by atoms with van der Waals surface area (Å²) in [5.74, 6) is 9.05. The van der Waals surface area contributed by atoms with E-state index in [2.05, 4.69) is 37.9 Å². The normalized spacial score (nSPS) is 11.3. The van der Waals surface area contributed by atoms with Gasteiger partial charge in [0, 0.05) is 18.7 Å². The molecule has 0 fully saturated rings. The monoisotopic (exact) mass is 419 g/mol. The van der Waals surface area contributed by atoms with Crippen molar-refractivity contribution in [3.05, 3.63) is 24.3 Å². The number of amides is 1. The molecule has 1 aromatic carbocycles. The molecule has 0 aliphatic carbocycles. The Bertz CT molecular complexity index is 762. The number of nitrogens with zero attached hydrogens (tertiary/aromatic N) is 4. The van der Waals surface area contributed by atoms with Crippen LogP contribution in [0.25, 0.3) is 11.4 Å². The van der Waals surface area contributed by atoms with E-state index in [9.17, 15) is 4.79 Å². The molecule has 0 atom stereocenters. The first-order valence-electron chi connectivity index (χ1n) is 10.1. The van der Waals surface area contributed by atoms with Gasteiger partial charge in [-0.25, -0.2) is 4.68 Å². The van der Waals surface area contributed by atoms with Crippen LogP contribution in [0.5, 0.6) is 5.75 Å². The highest BCUT2D eigenvalue weighted by Crippen LogP contribution is 2.24. The van der Waals surface area contributed by atoms with E-state index in [4.69, 9.17) is 10.6 Å². The zero-order valence-electron chi connectivity index (χ0n) is 18.1. The first kappa shape index (κ1) is 23.1. The van der Waals surface area contributed by atoms with E-state index in [1.807, 2.05) is 29.2 Å². The minimum atomic E-state index is 0.116. The first-order chi connectivity index (χ1) is 13.8. The summed E-state index contributed by atoms with van der Waals surface area (Å²) in [6, 6.07) is 7.46. The van der Waals surface area contributed by atoms with Crippen LogP contribution in [0.15, 0.2) is 29.4 Å². The Morgan fingerprint density at radius 1 is 1.10 bits per heavy atom. The number of methoxy groups -OCH3 is 1. The number of carbonyl (C=O) groups is 1. The van der Waals surface area contributed by atoms with Gasteiger partial charge in [-0.05, 0) is 48.9 Å². The molecule has 2 aromatic rings. The van der Waals surface area contributed by atoms with Gasteiger partial charge in [-0.2, -0.15) is 0 Å².